The maximum absolute atomic E-state index is 14.6. The van der Waals surface area contributed by atoms with Gasteiger partial charge in [-0.15, -0.1) is 11.8 Å². The average Bonchev–Trinajstić information content (AvgIpc) is 2.74. The summed E-state index contributed by atoms with van der Waals surface area (Å²) in [5.41, 5.74) is -0.438. The molecule has 2 aromatic rings. The van der Waals surface area contributed by atoms with Crippen LogP contribution in [0.2, 0.25) is 0 Å². The fourth-order valence-corrected chi connectivity index (χ4v) is 4.41. The van der Waals surface area contributed by atoms with Crippen LogP contribution in [0.15, 0.2) is 30.9 Å². The molecule has 176 valence electrons. The number of carbonyl (C=O) groups is 3. The number of esters is 3. The number of hydrogen-bond acceptors (Lipinski definition) is 10. The van der Waals surface area contributed by atoms with Crippen molar-refractivity contribution in [1.82, 2.24) is 9.97 Å². The minimum Gasteiger partial charge on any atom is -0.472 e. The van der Waals surface area contributed by atoms with Crippen LogP contribution in [-0.2, 0) is 28.6 Å². The monoisotopic (exact) mass is 482 g/mol. The van der Waals surface area contributed by atoms with Gasteiger partial charge in [-0.05, 0) is 17.7 Å². The third-order valence-corrected chi connectivity index (χ3v) is 5.65. The van der Waals surface area contributed by atoms with E-state index in [1.54, 1.807) is 0 Å². The van der Waals surface area contributed by atoms with E-state index in [9.17, 15) is 23.2 Å². The Hall–Kier alpha value is -3.28. The first kappa shape index (κ1) is 24.4. The van der Waals surface area contributed by atoms with E-state index in [1.807, 2.05) is 0 Å². The van der Waals surface area contributed by atoms with Crippen LogP contribution in [0.3, 0.4) is 0 Å². The summed E-state index contributed by atoms with van der Waals surface area (Å²) in [6.45, 7) is 3.43. The van der Waals surface area contributed by atoms with Gasteiger partial charge < -0.3 is 18.9 Å². The number of aromatic nitrogens is 2. The molecule has 33 heavy (non-hydrogen) atoms. The number of thioether (sulfide) groups is 1. The van der Waals surface area contributed by atoms with Gasteiger partial charge in [0.15, 0.2) is 35.3 Å². The number of ether oxygens (including phenoxy) is 4. The number of nitrogens with zero attached hydrogens (tertiary/aromatic N) is 2. The molecule has 0 unspecified atom stereocenters. The molecule has 1 aromatic heterocycles. The Morgan fingerprint density at radius 2 is 1.52 bits per heavy atom. The van der Waals surface area contributed by atoms with Crippen molar-refractivity contribution in [3.05, 3.63) is 42.5 Å². The lowest BCUT2D eigenvalue weighted by molar-refractivity contribution is -0.186. The van der Waals surface area contributed by atoms with Crippen LogP contribution in [0.25, 0.3) is 11.1 Å². The van der Waals surface area contributed by atoms with E-state index in [2.05, 4.69) is 9.97 Å². The Labute approximate surface area is 191 Å². The number of carbonyl (C=O) groups excluding carboxylic acids is 3. The normalized spacial score (nSPS) is 22.2. The van der Waals surface area contributed by atoms with Crippen LogP contribution in [0, 0.1) is 11.6 Å². The molecule has 1 fully saturated rings. The van der Waals surface area contributed by atoms with E-state index >= 15 is 0 Å². The van der Waals surface area contributed by atoms with E-state index in [0.717, 1.165) is 31.7 Å². The number of rotatable bonds is 6. The summed E-state index contributed by atoms with van der Waals surface area (Å²) < 4.78 is 50.4. The molecular weight excluding hydrogens is 462 g/mol. The average molecular weight is 482 g/mol. The first-order valence-corrected chi connectivity index (χ1v) is 10.7. The molecule has 4 atom stereocenters. The van der Waals surface area contributed by atoms with Crippen molar-refractivity contribution in [1.29, 1.82) is 0 Å². The minimum atomic E-state index is -1.28. The molecule has 0 amide bonds. The van der Waals surface area contributed by atoms with E-state index in [1.165, 1.54) is 31.7 Å². The molecule has 12 heteroatoms. The van der Waals surface area contributed by atoms with Crippen molar-refractivity contribution in [3.8, 4) is 16.9 Å². The summed E-state index contributed by atoms with van der Waals surface area (Å²) in [5.74, 6) is -4.91. The predicted molar refractivity (Wildman–Crippen MR) is 111 cm³/mol. The Kier molecular flexibility index (Phi) is 7.79. The van der Waals surface area contributed by atoms with Crippen LogP contribution in [0.4, 0.5) is 8.78 Å². The highest BCUT2D eigenvalue weighted by Gasteiger charge is 2.48. The third-order valence-electron chi connectivity index (χ3n) is 4.44. The molecule has 1 aliphatic heterocycles. The Bertz CT molecular complexity index is 1040. The summed E-state index contributed by atoms with van der Waals surface area (Å²) >= 11 is 1.02. The largest absolute Gasteiger partial charge is 0.472 e. The molecule has 2 heterocycles. The van der Waals surface area contributed by atoms with Crippen LogP contribution in [-0.4, -0.2) is 57.4 Å². The van der Waals surface area contributed by atoms with Gasteiger partial charge in [-0.3, -0.25) is 14.4 Å². The van der Waals surface area contributed by atoms with Gasteiger partial charge in [0.25, 0.3) is 0 Å². The second-order valence-electron chi connectivity index (χ2n) is 7.01. The van der Waals surface area contributed by atoms with Crippen molar-refractivity contribution < 1.29 is 42.1 Å². The van der Waals surface area contributed by atoms with Gasteiger partial charge in [-0.2, -0.15) is 4.39 Å². The molecule has 0 aliphatic carbocycles. The van der Waals surface area contributed by atoms with Gasteiger partial charge in [0.1, 0.15) is 6.33 Å². The fourth-order valence-electron chi connectivity index (χ4n) is 3.20. The summed E-state index contributed by atoms with van der Waals surface area (Å²) in [6.07, 6.45) is 0.676. The van der Waals surface area contributed by atoms with Crippen LogP contribution in [0.5, 0.6) is 5.75 Å². The second-order valence-corrected chi connectivity index (χ2v) is 8.14. The highest BCUT2D eigenvalue weighted by molar-refractivity contribution is 7.99. The first-order chi connectivity index (χ1) is 15.7. The van der Waals surface area contributed by atoms with E-state index < -0.39 is 59.0 Å². The SMILES string of the molecule is CC(=O)O[C@@H]1[C@@H](OC(C)=O)[C@H](OC(C)=O)CS[C@H]1Oc1cc(-c2cncnc2)cc(F)c1F. The molecule has 0 spiro atoms. The number of hydrogen-bond donors (Lipinski definition) is 0. The van der Waals surface area contributed by atoms with Gasteiger partial charge in [0, 0.05) is 44.5 Å². The van der Waals surface area contributed by atoms with Crippen LogP contribution < -0.4 is 4.74 Å². The Morgan fingerprint density at radius 1 is 0.909 bits per heavy atom. The van der Waals surface area contributed by atoms with E-state index in [0.29, 0.717) is 5.56 Å². The molecule has 1 aliphatic rings. The zero-order chi connectivity index (χ0) is 24.1. The second kappa shape index (κ2) is 10.6. The Balaban J connectivity index is 1.95. The predicted octanol–water partition coefficient (Wildman–Crippen LogP) is 2.67. The van der Waals surface area contributed by atoms with Crippen LogP contribution >= 0.6 is 11.8 Å². The van der Waals surface area contributed by atoms with Crippen LogP contribution in [0.1, 0.15) is 20.8 Å². The molecule has 9 nitrogen and oxygen atoms in total. The van der Waals surface area contributed by atoms with Gasteiger partial charge in [-0.25, -0.2) is 14.4 Å². The van der Waals surface area contributed by atoms with Gasteiger partial charge in [-0.1, -0.05) is 0 Å². The summed E-state index contributed by atoms with van der Waals surface area (Å²) in [5, 5.41) is 0. The molecular formula is C21H20F2N2O7S. The van der Waals surface area contributed by atoms with Gasteiger partial charge in [0.2, 0.25) is 5.82 Å². The standard InChI is InChI=1S/C21H20F2N2O7S/c1-10(26)29-17-8-33-21(20(31-12(3)28)19(17)30-11(2)27)32-16-5-13(4-15(22)18(16)23)14-6-24-9-25-7-14/h4-7,9,17,19-21H,8H2,1-3H3/t17-,19+,20-,21-/m1/s1. The third kappa shape index (κ3) is 6.15. The number of halogens is 2. The minimum absolute atomic E-state index is 0.0796. The fraction of sp³-hybridized carbons (Fsp3) is 0.381. The van der Waals surface area contributed by atoms with Crippen molar-refractivity contribution >= 4 is 29.7 Å². The summed E-state index contributed by atoms with van der Waals surface area (Å²) in [4.78, 5) is 42.6. The smallest absolute Gasteiger partial charge is 0.303 e. The zero-order valence-electron chi connectivity index (χ0n) is 17.8. The highest BCUT2D eigenvalue weighted by Crippen LogP contribution is 2.36. The quantitative estimate of drug-likeness (QED) is 0.450. The molecule has 1 saturated heterocycles. The lowest BCUT2D eigenvalue weighted by atomic mass is 10.1. The summed E-state index contributed by atoms with van der Waals surface area (Å²) in [7, 11) is 0. The lowest BCUT2D eigenvalue weighted by Crippen LogP contribution is -2.55. The Morgan fingerprint density at radius 3 is 2.12 bits per heavy atom. The van der Waals surface area contributed by atoms with Gasteiger partial charge >= 0.3 is 17.9 Å². The number of benzene rings is 1. The maximum atomic E-state index is 14.6. The maximum Gasteiger partial charge on any atom is 0.303 e. The molecule has 0 radical (unpaired) electrons. The molecule has 1 aromatic carbocycles. The molecule has 0 N–H and O–H groups in total. The molecule has 0 saturated carbocycles. The molecule has 3 rings (SSSR count). The zero-order valence-corrected chi connectivity index (χ0v) is 18.6. The van der Waals surface area contributed by atoms with Crippen molar-refractivity contribution in [2.24, 2.45) is 0 Å². The van der Waals surface area contributed by atoms with E-state index in [-0.39, 0.29) is 11.3 Å². The van der Waals surface area contributed by atoms with E-state index in [4.69, 9.17) is 18.9 Å². The van der Waals surface area contributed by atoms with Gasteiger partial charge in [0.05, 0.1) is 0 Å². The summed E-state index contributed by atoms with van der Waals surface area (Å²) in [6, 6.07) is 2.22. The van der Waals surface area contributed by atoms with Crippen molar-refractivity contribution in [2.45, 2.75) is 44.5 Å². The first-order valence-electron chi connectivity index (χ1n) is 9.70. The lowest BCUT2D eigenvalue weighted by Gasteiger charge is -2.39. The highest BCUT2D eigenvalue weighted by atomic mass is 32.2. The van der Waals surface area contributed by atoms with Crippen molar-refractivity contribution in [3.63, 3.8) is 0 Å². The molecule has 0 bridgehead atoms. The topological polar surface area (TPSA) is 114 Å². The van der Waals surface area contributed by atoms with Crippen molar-refractivity contribution in [2.75, 3.05) is 5.75 Å².